The van der Waals surface area contributed by atoms with Gasteiger partial charge in [-0.1, -0.05) is 6.07 Å². The number of ether oxygens (including phenoxy) is 1. The third kappa shape index (κ3) is 2.84. The number of carbonyl (C=O) groups is 1. The van der Waals surface area contributed by atoms with Crippen molar-refractivity contribution in [2.24, 2.45) is 0 Å². The molecular weight excluding hydrogens is 218 g/mol. The molecule has 0 aliphatic rings. The quantitative estimate of drug-likeness (QED) is 0.882. The minimum atomic E-state index is -0.449. The van der Waals surface area contributed by atoms with Gasteiger partial charge in [-0.15, -0.1) is 0 Å². The van der Waals surface area contributed by atoms with Crippen LogP contribution in [-0.2, 0) is 4.74 Å². The Morgan fingerprint density at radius 1 is 1.53 bits per heavy atom. The number of amides is 1. The van der Waals surface area contributed by atoms with E-state index in [0.717, 1.165) is 5.69 Å². The molecule has 5 heteroatoms. The molecule has 2 rings (SSSR count). The number of hydrogen-bond acceptors (Lipinski definition) is 3. The van der Waals surface area contributed by atoms with E-state index in [1.807, 2.05) is 29.0 Å². The van der Waals surface area contributed by atoms with Gasteiger partial charge in [-0.25, -0.2) is 9.78 Å². The molecule has 0 fully saturated rings. The Bertz CT molecular complexity index is 494. The Hall–Kier alpha value is -2.30. The van der Waals surface area contributed by atoms with Crippen molar-refractivity contribution in [3.63, 3.8) is 0 Å². The Kier molecular flexibility index (Phi) is 3.40. The smallest absolute Gasteiger partial charge is 0.411 e. The minimum absolute atomic E-state index is 0.354. The first-order valence-electron chi connectivity index (χ1n) is 5.32. The molecule has 0 aliphatic carbocycles. The lowest BCUT2D eigenvalue weighted by molar-refractivity contribution is 0.168. The van der Waals surface area contributed by atoms with Gasteiger partial charge in [0.25, 0.3) is 0 Å². The van der Waals surface area contributed by atoms with E-state index < -0.39 is 6.09 Å². The molecule has 0 unspecified atom stereocenters. The lowest BCUT2D eigenvalue weighted by Gasteiger charge is -2.07. The number of aromatic nitrogens is 2. The van der Waals surface area contributed by atoms with E-state index in [-0.39, 0.29) is 0 Å². The fraction of sp³-hybridized carbons (Fsp3) is 0.167. The summed E-state index contributed by atoms with van der Waals surface area (Å²) in [6, 6.07) is 7.44. The summed E-state index contributed by atoms with van der Waals surface area (Å²) >= 11 is 0. The summed E-state index contributed by atoms with van der Waals surface area (Å²) < 4.78 is 6.66. The Morgan fingerprint density at radius 3 is 3.12 bits per heavy atom. The van der Waals surface area contributed by atoms with Gasteiger partial charge >= 0.3 is 6.09 Å². The number of hydrogen-bond donors (Lipinski definition) is 1. The van der Waals surface area contributed by atoms with Crippen molar-refractivity contribution in [3.05, 3.63) is 43.0 Å². The molecule has 0 atom stereocenters. The summed E-state index contributed by atoms with van der Waals surface area (Å²) in [6.07, 6.45) is 4.79. The third-order valence-electron chi connectivity index (χ3n) is 2.17. The topological polar surface area (TPSA) is 56.1 Å². The highest BCUT2D eigenvalue weighted by Gasteiger charge is 2.02. The SMILES string of the molecule is CCOC(=O)Nc1cccc(-n2ccnc2)c1. The van der Waals surface area contributed by atoms with Crippen molar-refractivity contribution in [1.82, 2.24) is 9.55 Å². The average Bonchev–Trinajstić information content (AvgIpc) is 2.83. The van der Waals surface area contributed by atoms with Crippen molar-refractivity contribution < 1.29 is 9.53 Å². The molecule has 1 aromatic heterocycles. The van der Waals surface area contributed by atoms with Crippen LogP contribution >= 0.6 is 0 Å². The monoisotopic (exact) mass is 231 g/mol. The molecule has 5 nitrogen and oxygen atoms in total. The zero-order chi connectivity index (χ0) is 12.1. The number of nitrogens with one attached hydrogen (secondary N) is 1. The lowest BCUT2D eigenvalue weighted by atomic mass is 10.3. The second-order valence-electron chi connectivity index (χ2n) is 3.37. The molecule has 0 bridgehead atoms. The van der Waals surface area contributed by atoms with Gasteiger partial charge in [0.15, 0.2) is 0 Å². The molecule has 0 radical (unpaired) electrons. The van der Waals surface area contributed by atoms with E-state index in [1.165, 1.54) is 0 Å². The predicted octanol–water partition coefficient (Wildman–Crippen LogP) is 2.44. The number of carbonyl (C=O) groups excluding carboxylic acids is 1. The molecule has 1 N–H and O–H groups in total. The van der Waals surface area contributed by atoms with Crippen LogP contribution in [0.5, 0.6) is 0 Å². The van der Waals surface area contributed by atoms with Gasteiger partial charge in [0.1, 0.15) is 0 Å². The normalized spacial score (nSPS) is 9.94. The highest BCUT2D eigenvalue weighted by molar-refractivity contribution is 5.84. The molecule has 0 saturated heterocycles. The van der Waals surface area contributed by atoms with Gasteiger partial charge in [-0.3, -0.25) is 5.32 Å². The highest BCUT2D eigenvalue weighted by atomic mass is 16.5. The minimum Gasteiger partial charge on any atom is -0.450 e. The van der Waals surface area contributed by atoms with Gasteiger partial charge in [0.05, 0.1) is 12.9 Å². The van der Waals surface area contributed by atoms with E-state index in [9.17, 15) is 4.79 Å². The van der Waals surface area contributed by atoms with E-state index in [1.54, 1.807) is 25.5 Å². The molecule has 1 amide bonds. The fourth-order valence-electron chi connectivity index (χ4n) is 1.44. The standard InChI is InChI=1S/C12H13N3O2/c1-2-17-12(16)14-10-4-3-5-11(8-10)15-7-6-13-9-15/h3-9H,2H2,1H3,(H,14,16). The van der Waals surface area contributed by atoms with Crippen molar-refractivity contribution in [1.29, 1.82) is 0 Å². The second kappa shape index (κ2) is 5.16. The maximum atomic E-state index is 11.3. The van der Waals surface area contributed by atoms with Crippen molar-refractivity contribution in [3.8, 4) is 5.69 Å². The first-order chi connectivity index (χ1) is 8.29. The molecule has 0 aliphatic heterocycles. The summed E-state index contributed by atoms with van der Waals surface area (Å²) in [5.41, 5.74) is 1.62. The van der Waals surface area contributed by atoms with Gasteiger partial charge < -0.3 is 9.30 Å². The Morgan fingerprint density at radius 2 is 2.41 bits per heavy atom. The Balaban J connectivity index is 2.15. The molecule has 0 saturated carbocycles. The van der Waals surface area contributed by atoms with Gasteiger partial charge in [-0.05, 0) is 25.1 Å². The fourth-order valence-corrected chi connectivity index (χ4v) is 1.44. The van der Waals surface area contributed by atoms with Gasteiger partial charge in [-0.2, -0.15) is 0 Å². The van der Waals surface area contributed by atoms with Crippen LogP contribution in [0.25, 0.3) is 5.69 Å². The second-order valence-corrected chi connectivity index (χ2v) is 3.37. The highest BCUT2D eigenvalue weighted by Crippen LogP contribution is 2.14. The maximum Gasteiger partial charge on any atom is 0.411 e. The lowest BCUT2D eigenvalue weighted by Crippen LogP contribution is -2.13. The molecule has 88 valence electrons. The van der Waals surface area contributed by atoms with Crippen LogP contribution in [0.1, 0.15) is 6.92 Å². The summed E-state index contributed by atoms with van der Waals surface area (Å²) in [5.74, 6) is 0. The van der Waals surface area contributed by atoms with Gasteiger partial charge in [0, 0.05) is 23.8 Å². The zero-order valence-corrected chi connectivity index (χ0v) is 9.46. The van der Waals surface area contributed by atoms with Crippen LogP contribution in [0, 0.1) is 0 Å². The Labute approximate surface area is 99.0 Å². The molecule has 1 heterocycles. The van der Waals surface area contributed by atoms with E-state index in [4.69, 9.17) is 4.74 Å². The van der Waals surface area contributed by atoms with Gasteiger partial charge in [0.2, 0.25) is 0 Å². The van der Waals surface area contributed by atoms with Crippen molar-refractivity contribution >= 4 is 11.8 Å². The summed E-state index contributed by atoms with van der Waals surface area (Å²) in [7, 11) is 0. The number of benzene rings is 1. The molecule has 17 heavy (non-hydrogen) atoms. The largest absolute Gasteiger partial charge is 0.450 e. The predicted molar refractivity (Wildman–Crippen MR) is 64.2 cm³/mol. The van der Waals surface area contributed by atoms with Crippen LogP contribution in [-0.4, -0.2) is 22.3 Å². The summed E-state index contributed by atoms with van der Waals surface area (Å²) in [5, 5.41) is 2.65. The molecule has 1 aromatic carbocycles. The first-order valence-corrected chi connectivity index (χ1v) is 5.32. The van der Waals surface area contributed by atoms with Crippen LogP contribution < -0.4 is 5.32 Å². The molecular formula is C12H13N3O2. The van der Waals surface area contributed by atoms with Crippen molar-refractivity contribution in [2.45, 2.75) is 6.92 Å². The van der Waals surface area contributed by atoms with Crippen LogP contribution in [0.4, 0.5) is 10.5 Å². The summed E-state index contributed by atoms with van der Waals surface area (Å²) in [6.45, 7) is 2.12. The van der Waals surface area contributed by atoms with Crippen LogP contribution in [0.2, 0.25) is 0 Å². The van der Waals surface area contributed by atoms with Crippen LogP contribution in [0.15, 0.2) is 43.0 Å². The van der Waals surface area contributed by atoms with Crippen LogP contribution in [0.3, 0.4) is 0 Å². The zero-order valence-electron chi connectivity index (χ0n) is 9.46. The van der Waals surface area contributed by atoms with Crippen molar-refractivity contribution in [2.75, 3.05) is 11.9 Å². The van der Waals surface area contributed by atoms with E-state index >= 15 is 0 Å². The maximum absolute atomic E-state index is 11.3. The third-order valence-corrected chi connectivity index (χ3v) is 2.17. The molecule has 2 aromatic rings. The number of anilines is 1. The average molecular weight is 231 g/mol. The molecule has 0 spiro atoms. The van der Waals surface area contributed by atoms with E-state index in [2.05, 4.69) is 10.3 Å². The number of nitrogens with zero attached hydrogens (tertiary/aromatic N) is 2. The number of rotatable bonds is 3. The first kappa shape index (κ1) is 11.2. The summed E-state index contributed by atoms with van der Waals surface area (Å²) in [4.78, 5) is 15.2. The van der Waals surface area contributed by atoms with E-state index in [0.29, 0.717) is 12.3 Å². The number of imidazole rings is 1.